The van der Waals surface area contributed by atoms with Crippen molar-refractivity contribution in [2.75, 3.05) is 7.11 Å². The molecule has 0 aliphatic heterocycles. The molecule has 11 heteroatoms. The molecule has 0 spiro atoms. The van der Waals surface area contributed by atoms with Crippen LogP contribution < -0.4 is 4.74 Å². The normalized spacial score (nSPS) is 12.9. The predicted octanol–water partition coefficient (Wildman–Crippen LogP) is 5.98. The first-order valence-electron chi connectivity index (χ1n) is 12.0. The molecule has 8 nitrogen and oxygen atoms in total. The van der Waals surface area contributed by atoms with Crippen LogP contribution in [0.2, 0.25) is 0 Å². The molecule has 1 aliphatic rings. The fraction of sp³-hybridized carbons (Fsp3) is 0.214. The SMILES string of the molecule is COc1cnc(C(F)F)cc1-c1cc(-c2cc(C)[nH]n2)ccc1C=Nc1ncc(C#CC2CC2)nc1SC=O. The average molecular weight is 545 g/mol. The smallest absolute Gasteiger partial charge is 0.280 e. The number of pyridine rings is 1. The van der Waals surface area contributed by atoms with Crippen molar-refractivity contribution in [1.29, 1.82) is 0 Å². The molecule has 39 heavy (non-hydrogen) atoms. The third-order valence-electron chi connectivity index (χ3n) is 5.87. The average Bonchev–Trinajstić information content (AvgIpc) is 3.68. The number of carbonyl (C=O) groups is 1. The maximum absolute atomic E-state index is 13.6. The molecule has 5 rings (SSSR count). The fourth-order valence-electron chi connectivity index (χ4n) is 3.75. The molecule has 0 saturated heterocycles. The van der Waals surface area contributed by atoms with Crippen molar-refractivity contribution in [3.63, 3.8) is 0 Å². The Balaban J connectivity index is 1.60. The van der Waals surface area contributed by atoms with Crippen molar-refractivity contribution in [1.82, 2.24) is 25.1 Å². The van der Waals surface area contributed by atoms with Crippen molar-refractivity contribution in [2.24, 2.45) is 10.9 Å². The summed E-state index contributed by atoms with van der Waals surface area (Å²) in [6.07, 6.45) is 3.74. The molecule has 1 N–H and O–H groups in total. The molecule has 1 fully saturated rings. The van der Waals surface area contributed by atoms with Crippen molar-refractivity contribution in [3.05, 3.63) is 65.4 Å². The summed E-state index contributed by atoms with van der Waals surface area (Å²) in [5.74, 6) is 7.07. The molecule has 1 saturated carbocycles. The van der Waals surface area contributed by atoms with Crippen LogP contribution in [0.3, 0.4) is 0 Å². The van der Waals surface area contributed by atoms with Crippen LogP contribution in [0.15, 0.2) is 52.7 Å². The Hall–Kier alpha value is -4.43. The number of thioether (sulfide) groups is 1. The number of aliphatic imine (C=N–C) groups is 1. The van der Waals surface area contributed by atoms with Gasteiger partial charge in [0.05, 0.1) is 25.2 Å². The van der Waals surface area contributed by atoms with E-state index in [0.29, 0.717) is 50.4 Å². The molecular weight excluding hydrogens is 522 g/mol. The minimum Gasteiger partial charge on any atom is -0.494 e. The second-order valence-corrected chi connectivity index (χ2v) is 9.56. The second kappa shape index (κ2) is 11.5. The van der Waals surface area contributed by atoms with Crippen LogP contribution in [-0.4, -0.2) is 44.1 Å². The zero-order chi connectivity index (χ0) is 27.4. The Morgan fingerprint density at radius 2 is 2.03 bits per heavy atom. The van der Waals surface area contributed by atoms with E-state index in [1.165, 1.54) is 25.6 Å². The Kier molecular flexibility index (Phi) is 7.74. The first-order valence-corrected chi connectivity index (χ1v) is 12.8. The summed E-state index contributed by atoms with van der Waals surface area (Å²) in [5, 5.41) is 7.54. The monoisotopic (exact) mass is 544 g/mol. The van der Waals surface area contributed by atoms with E-state index in [2.05, 4.69) is 42.0 Å². The molecule has 4 aromatic rings. The van der Waals surface area contributed by atoms with Gasteiger partial charge in [-0.15, -0.1) is 0 Å². The quantitative estimate of drug-likeness (QED) is 0.126. The van der Waals surface area contributed by atoms with Crippen molar-refractivity contribution in [3.8, 4) is 40.0 Å². The first-order chi connectivity index (χ1) is 18.9. The summed E-state index contributed by atoms with van der Waals surface area (Å²) in [7, 11) is 1.45. The van der Waals surface area contributed by atoms with E-state index in [1.807, 2.05) is 25.1 Å². The fourth-order valence-corrected chi connectivity index (χ4v) is 4.21. The number of rotatable bonds is 8. The highest BCUT2D eigenvalue weighted by atomic mass is 32.2. The third kappa shape index (κ3) is 6.18. The number of aromatic nitrogens is 5. The number of methoxy groups -OCH3 is 1. The van der Waals surface area contributed by atoms with Gasteiger partial charge in [-0.3, -0.25) is 14.9 Å². The Labute approximate surface area is 227 Å². The van der Waals surface area contributed by atoms with Gasteiger partial charge in [0, 0.05) is 34.5 Å². The minimum atomic E-state index is -2.76. The van der Waals surface area contributed by atoms with Crippen molar-refractivity contribution >= 4 is 29.4 Å². The molecule has 0 radical (unpaired) electrons. The van der Waals surface area contributed by atoms with E-state index in [-0.39, 0.29) is 11.5 Å². The molecular formula is C28H22F2N6O2S. The highest BCUT2D eigenvalue weighted by molar-refractivity contribution is 8.11. The number of nitrogens with zero attached hydrogens (tertiary/aromatic N) is 5. The van der Waals surface area contributed by atoms with Gasteiger partial charge in [-0.05, 0) is 61.2 Å². The van der Waals surface area contributed by atoms with E-state index >= 15 is 0 Å². The number of alkyl halides is 2. The molecule has 3 heterocycles. The first kappa shape index (κ1) is 26.2. The number of aryl methyl sites for hydroxylation is 1. The molecule has 0 unspecified atom stereocenters. The molecule has 0 atom stereocenters. The van der Waals surface area contributed by atoms with E-state index in [4.69, 9.17) is 4.74 Å². The predicted molar refractivity (Wildman–Crippen MR) is 145 cm³/mol. The number of hydrogen-bond acceptors (Lipinski definition) is 8. The zero-order valence-electron chi connectivity index (χ0n) is 21.0. The molecule has 1 aliphatic carbocycles. The Morgan fingerprint density at radius 1 is 1.18 bits per heavy atom. The standard InChI is InChI=1S/C28H22F2N6O2S/c1-16-9-23(36-35-16)18-6-7-19(21(10-18)22-11-24(26(29)30)31-14-25(22)38-2)12-32-27-28(39-15-37)34-20(13-33-27)8-5-17-3-4-17/h6-7,9-15,17,26H,3-4H2,1-2H3,(H,35,36). The van der Waals surface area contributed by atoms with Gasteiger partial charge in [0.25, 0.3) is 6.43 Å². The lowest BCUT2D eigenvalue weighted by Gasteiger charge is -2.14. The largest absolute Gasteiger partial charge is 0.494 e. The van der Waals surface area contributed by atoms with Gasteiger partial charge in [0.15, 0.2) is 11.4 Å². The second-order valence-electron chi connectivity index (χ2n) is 8.75. The summed E-state index contributed by atoms with van der Waals surface area (Å²) in [4.78, 5) is 28.4. The van der Waals surface area contributed by atoms with Crippen LogP contribution in [0, 0.1) is 24.7 Å². The number of hydrogen-bond donors (Lipinski definition) is 1. The van der Waals surface area contributed by atoms with Gasteiger partial charge in [-0.2, -0.15) is 5.10 Å². The topological polar surface area (TPSA) is 106 Å². The van der Waals surface area contributed by atoms with E-state index < -0.39 is 6.43 Å². The highest BCUT2D eigenvalue weighted by Crippen LogP contribution is 2.36. The summed E-state index contributed by atoms with van der Waals surface area (Å²) >= 11 is 0.856. The van der Waals surface area contributed by atoms with Gasteiger partial charge >= 0.3 is 0 Å². The van der Waals surface area contributed by atoms with E-state index in [1.54, 1.807) is 12.3 Å². The lowest BCUT2D eigenvalue weighted by Crippen LogP contribution is -1.98. The minimum absolute atomic E-state index is 0.233. The van der Waals surface area contributed by atoms with E-state index in [0.717, 1.165) is 35.9 Å². The van der Waals surface area contributed by atoms with Crippen LogP contribution in [0.4, 0.5) is 14.6 Å². The van der Waals surface area contributed by atoms with Gasteiger partial charge in [-0.25, -0.2) is 23.7 Å². The van der Waals surface area contributed by atoms with Crippen LogP contribution in [0.5, 0.6) is 5.75 Å². The highest BCUT2D eigenvalue weighted by Gasteiger charge is 2.19. The van der Waals surface area contributed by atoms with Crippen LogP contribution in [0.25, 0.3) is 22.4 Å². The van der Waals surface area contributed by atoms with Gasteiger partial charge in [0.2, 0.25) is 0 Å². The third-order valence-corrected chi connectivity index (χ3v) is 6.46. The summed E-state index contributed by atoms with van der Waals surface area (Å²) in [6.45, 7) is 1.89. The molecule has 0 amide bonds. The van der Waals surface area contributed by atoms with Crippen LogP contribution in [0.1, 0.15) is 41.9 Å². The van der Waals surface area contributed by atoms with Gasteiger partial charge < -0.3 is 4.74 Å². The summed E-state index contributed by atoms with van der Waals surface area (Å²) in [5.41, 5.74) is 4.65. The maximum atomic E-state index is 13.6. The number of halogens is 2. The van der Waals surface area contributed by atoms with E-state index in [9.17, 15) is 13.6 Å². The van der Waals surface area contributed by atoms with Crippen molar-refractivity contribution in [2.45, 2.75) is 31.2 Å². The summed E-state index contributed by atoms with van der Waals surface area (Å²) in [6, 6.07) is 8.67. The number of benzene rings is 1. The number of carbonyl (C=O) groups excluding carboxylic acids is 1. The molecule has 0 bridgehead atoms. The van der Waals surface area contributed by atoms with Crippen molar-refractivity contribution < 1.29 is 18.3 Å². The lowest BCUT2D eigenvalue weighted by atomic mass is 9.96. The van der Waals surface area contributed by atoms with Crippen LogP contribution >= 0.6 is 11.8 Å². The number of H-pyrrole nitrogens is 1. The summed E-state index contributed by atoms with van der Waals surface area (Å²) < 4.78 is 32.6. The maximum Gasteiger partial charge on any atom is 0.280 e. The number of nitrogens with one attached hydrogen (secondary N) is 1. The molecule has 3 aromatic heterocycles. The lowest BCUT2D eigenvalue weighted by molar-refractivity contribution is 0.146. The Bertz CT molecular complexity index is 1620. The van der Waals surface area contributed by atoms with Gasteiger partial charge in [-0.1, -0.05) is 18.1 Å². The number of ether oxygens (including phenoxy) is 1. The molecule has 196 valence electrons. The van der Waals surface area contributed by atoms with Crippen LogP contribution in [-0.2, 0) is 4.79 Å². The molecule has 1 aromatic carbocycles. The number of aromatic amines is 1. The Morgan fingerprint density at radius 3 is 2.72 bits per heavy atom. The van der Waals surface area contributed by atoms with Gasteiger partial charge in [0.1, 0.15) is 22.2 Å². The zero-order valence-corrected chi connectivity index (χ0v) is 21.8.